The van der Waals surface area contributed by atoms with E-state index in [1.807, 2.05) is 18.6 Å². The molecule has 24 heavy (non-hydrogen) atoms. The molecule has 2 aromatic rings. The molecular formula is C19H23N3OS. The highest BCUT2D eigenvalue weighted by Gasteiger charge is 2.54. The molecule has 2 amide bonds. The van der Waals surface area contributed by atoms with E-state index in [-0.39, 0.29) is 11.9 Å². The third-order valence-corrected chi connectivity index (χ3v) is 6.39. The highest BCUT2D eigenvalue weighted by atomic mass is 32.1. The number of aryl methyl sites for hydroxylation is 1. The van der Waals surface area contributed by atoms with Gasteiger partial charge in [0.05, 0.1) is 5.01 Å². The molecule has 126 valence electrons. The van der Waals surface area contributed by atoms with E-state index >= 15 is 0 Å². The summed E-state index contributed by atoms with van der Waals surface area (Å²) in [5, 5.41) is 6.33. The average Bonchev–Trinajstić information content (AvgIpc) is 3.03. The molecular weight excluding hydrogens is 318 g/mol. The SMILES string of the molecule is CC(CN(C)C(=O)NC1C2CCc3ccccc3C21)c1nccs1. The van der Waals surface area contributed by atoms with Gasteiger partial charge < -0.3 is 10.2 Å². The van der Waals surface area contributed by atoms with Gasteiger partial charge in [0, 0.05) is 43.0 Å². The van der Waals surface area contributed by atoms with E-state index in [2.05, 4.69) is 41.5 Å². The molecule has 0 radical (unpaired) electrons. The summed E-state index contributed by atoms with van der Waals surface area (Å²) in [4.78, 5) is 18.7. The van der Waals surface area contributed by atoms with Crippen molar-refractivity contribution in [2.24, 2.45) is 5.92 Å². The molecule has 0 aliphatic heterocycles. The lowest BCUT2D eigenvalue weighted by atomic mass is 9.92. The fraction of sp³-hybridized carbons (Fsp3) is 0.474. The van der Waals surface area contributed by atoms with Gasteiger partial charge in [0.1, 0.15) is 0 Å². The Morgan fingerprint density at radius 3 is 3.08 bits per heavy atom. The van der Waals surface area contributed by atoms with Crippen LogP contribution >= 0.6 is 11.3 Å². The summed E-state index contributed by atoms with van der Waals surface area (Å²) in [6.07, 6.45) is 4.15. The number of carbonyl (C=O) groups is 1. The number of hydrogen-bond donors (Lipinski definition) is 1. The second-order valence-corrected chi connectivity index (χ2v) is 7.98. The predicted octanol–water partition coefficient (Wildman–Crippen LogP) is 3.62. The van der Waals surface area contributed by atoms with Crippen molar-refractivity contribution in [2.75, 3.05) is 13.6 Å². The van der Waals surface area contributed by atoms with E-state index in [0.717, 1.165) is 11.4 Å². The van der Waals surface area contributed by atoms with Gasteiger partial charge in [-0.15, -0.1) is 11.3 Å². The lowest BCUT2D eigenvalue weighted by Gasteiger charge is -2.21. The van der Waals surface area contributed by atoms with Crippen molar-refractivity contribution < 1.29 is 4.79 Å². The zero-order valence-electron chi connectivity index (χ0n) is 14.1. The molecule has 1 heterocycles. The molecule has 4 nitrogen and oxygen atoms in total. The van der Waals surface area contributed by atoms with Crippen molar-refractivity contribution >= 4 is 17.4 Å². The Labute approximate surface area is 146 Å². The maximum Gasteiger partial charge on any atom is 0.317 e. The minimum atomic E-state index is 0.0373. The van der Waals surface area contributed by atoms with Crippen molar-refractivity contribution in [2.45, 2.75) is 37.6 Å². The molecule has 2 aliphatic carbocycles. The fourth-order valence-electron chi connectivity index (χ4n) is 4.07. The zero-order chi connectivity index (χ0) is 16.7. The third kappa shape index (κ3) is 2.81. The summed E-state index contributed by atoms with van der Waals surface area (Å²) in [5.41, 5.74) is 2.90. The van der Waals surface area contributed by atoms with Crippen molar-refractivity contribution in [3.63, 3.8) is 0 Å². The number of nitrogens with zero attached hydrogens (tertiary/aromatic N) is 2. The monoisotopic (exact) mass is 341 g/mol. The van der Waals surface area contributed by atoms with Gasteiger partial charge in [0.15, 0.2) is 0 Å². The van der Waals surface area contributed by atoms with Crippen LogP contribution in [0.1, 0.15) is 41.3 Å². The summed E-state index contributed by atoms with van der Waals surface area (Å²) < 4.78 is 0. The van der Waals surface area contributed by atoms with Crippen molar-refractivity contribution in [3.05, 3.63) is 52.0 Å². The van der Waals surface area contributed by atoms with Crippen LogP contribution in [0.25, 0.3) is 0 Å². The minimum Gasteiger partial charge on any atom is -0.334 e. The predicted molar refractivity (Wildman–Crippen MR) is 96.5 cm³/mol. The molecule has 1 saturated carbocycles. The molecule has 5 heteroatoms. The van der Waals surface area contributed by atoms with Crippen LogP contribution in [0, 0.1) is 5.92 Å². The number of carbonyl (C=O) groups excluding carboxylic acids is 1. The quantitative estimate of drug-likeness (QED) is 0.923. The minimum absolute atomic E-state index is 0.0373. The Balaban J connectivity index is 1.36. The molecule has 4 rings (SSSR count). The first kappa shape index (κ1) is 15.6. The summed E-state index contributed by atoms with van der Waals surface area (Å²) in [7, 11) is 1.87. The number of amides is 2. The standard InChI is InChI=1S/C19H23N3OS/c1-12(18-20-9-10-24-18)11-22(2)19(23)21-17-15-8-7-13-5-3-4-6-14(13)16(15)17/h3-6,9-10,12,15-17H,7-8,11H2,1-2H3,(H,21,23). The number of thiazole rings is 1. The van der Waals surface area contributed by atoms with Crippen molar-refractivity contribution in [3.8, 4) is 0 Å². The van der Waals surface area contributed by atoms with Gasteiger partial charge in [0.25, 0.3) is 0 Å². The van der Waals surface area contributed by atoms with Gasteiger partial charge >= 0.3 is 6.03 Å². The summed E-state index contributed by atoms with van der Waals surface area (Å²) in [6, 6.07) is 9.02. The molecule has 4 unspecified atom stereocenters. The average molecular weight is 341 g/mol. The molecule has 0 saturated heterocycles. The summed E-state index contributed by atoms with van der Waals surface area (Å²) >= 11 is 1.65. The Bertz CT molecular complexity index is 730. The second kappa shape index (κ2) is 6.20. The topological polar surface area (TPSA) is 45.2 Å². The van der Waals surface area contributed by atoms with Crippen LogP contribution in [0.2, 0.25) is 0 Å². The Kier molecular flexibility index (Phi) is 4.04. The number of aromatic nitrogens is 1. The lowest BCUT2D eigenvalue weighted by Crippen LogP contribution is -2.40. The Morgan fingerprint density at radius 1 is 1.46 bits per heavy atom. The van der Waals surface area contributed by atoms with Crippen LogP contribution in [0.5, 0.6) is 0 Å². The van der Waals surface area contributed by atoms with E-state index in [4.69, 9.17) is 0 Å². The van der Waals surface area contributed by atoms with Crippen LogP contribution in [0.15, 0.2) is 35.8 Å². The smallest absolute Gasteiger partial charge is 0.317 e. The van der Waals surface area contributed by atoms with Crippen LogP contribution in [-0.2, 0) is 6.42 Å². The maximum atomic E-state index is 12.6. The van der Waals surface area contributed by atoms with Gasteiger partial charge in [-0.3, -0.25) is 0 Å². The number of urea groups is 1. The Hall–Kier alpha value is -1.88. The molecule has 0 spiro atoms. The van der Waals surface area contributed by atoms with Crippen LogP contribution in [0.3, 0.4) is 0 Å². The van der Waals surface area contributed by atoms with Gasteiger partial charge in [-0.25, -0.2) is 9.78 Å². The van der Waals surface area contributed by atoms with Gasteiger partial charge in [-0.05, 0) is 29.9 Å². The summed E-state index contributed by atoms with van der Waals surface area (Å²) in [6.45, 7) is 2.81. The molecule has 1 aromatic carbocycles. The van der Waals surface area contributed by atoms with Gasteiger partial charge in [-0.1, -0.05) is 31.2 Å². The molecule has 1 aromatic heterocycles. The van der Waals surface area contributed by atoms with Crippen LogP contribution in [-0.4, -0.2) is 35.5 Å². The van der Waals surface area contributed by atoms with Crippen LogP contribution in [0.4, 0.5) is 4.79 Å². The molecule has 1 fully saturated rings. The lowest BCUT2D eigenvalue weighted by molar-refractivity contribution is 0.205. The van der Waals surface area contributed by atoms with Gasteiger partial charge in [0.2, 0.25) is 0 Å². The molecule has 2 aliphatic rings. The zero-order valence-corrected chi connectivity index (χ0v) is 14.9. The number of rotatable bonds is 4. The number of fused-ring (bicyclic) bond motifs is 3. The third-order valence-electron chi connectivity index (χ3n) is 5.39. The molecule has 0 bridgehead atoms. The van der Waals surface area contributed by atoms with Crippen LogP contribution < -0.4 is 5.32 Å². The number of nitrogens with one attached hydrogen (secondary N) is 1. The second-order valence-electron chi connectivity index (χ2n) is 7.05. The number of likely N-dealkylation sites (N-methyl/N-ethyl adjacent to an activating group) is 1. The highest BCUT2D eigenvalue weighted by Crippen LogP contribution is 2.54. The van der Waals surface area contributed by atoms with E-state index in [1.165, 1.54) is 17.5 Å². The number of hydrogen-bond acceptors (Lipinski definition) is 3. The highest BCUT2D eigenvalue weighted by molar-refractivity contribution is 7.09. The fourth-order valence-corrected chi connectivity index (χ4v) is 4.76. The normalized spacial score (nSPS) is 25.3. The first-order valence-corrected chi connectivity index (χ1v) is 9.52. The van der Waals surface area contributed by atoms with E-state index in [1.54, 1.807) is 16.2 Å². The Morgan fingerprint density at radius 2 is 2.29 bits per heavy atom. The molecule has 1 N–H and O–H groups in total. The van der Waals surface area contributed by atoms with Crippen molar-refractivity contribution in [1.82, 2.24) is 15.2 Å². The number of benzene rings is 1. The van der Waals surface area contributed by atoms with E-state index in [9.17, 15) is 4.79 Å². The first-order chi connectivity index (χ1) is 11.6. The van der Waals surface area contributed by atoms with Gasteiger partial charge in [-0.2, -0.15) is 0 Å². The largest absolute Gasteiger partial charge is 0.334 e. The molecule has 4 atom stereocenters. The van der Waals surface area contributed by atoms with E-state index < -0.39 is 0 Å². The maximum absolute atomic E-state index is 12.6. The first-order valence-electron chi connectivity index (χ1n) is 8.64. The van der Waals surface area contributed by atoms with Crippen molar-refractivity contribution in [1.29, 1.82) is 0 Å². The van der Waals surface area contributed by atoms with E-state index in [0.29, 0.717) is 24.4 Å². The summed E-state index contributed by atoms with van der Waals surface area (Å²) in [5.74, 6) is 1.40.